The molecule has 7 heteroatoms. The van der Waals surface area contributed by atoms with Crippen LogP contribution < -0.4 is 4.90 Å². The molecule has 2 aromatic carbocycles. The van der Waals surface area contributed by atoms with E-state index in [-0.39, 0.29) is 17.5 Å². The molecule has 0 saturated carbocycles. The van der Waals surface area contributed by atoms with Crippen LogP contribution in [0.4, 0.5) is 14.9 Å². The zero-order valence-electron chi connectivity index (χ0n) is 18.7. The van der Waals surface area contributed by atoms with Crippen molar-refractivity contribution in [3.63, 3.8) is 0 Å². The molecule has 33 heavy (non-hydrogen) atoms. The zero-order chi connectivity index (χ0) is 23.4. The molecule has 0 fully saturated rings. The number of hydrogen-bond acceptors (Lipinski definition) is 3. The predicted octanol–water partition coefficient (Wildman–Crippen LogP) is 4.63. The molecule has 0 bridgehead atoms. The third-order valence-electron chi connectivity index (χ3n) is 6.54. The Morgan fingerprint density at radius 1 is 1.00 bits per heavy atom. The van der Waals surface area contributed by atoms with Crippen LogP contribution in [-0.4, -0.2) is 47.4 Å². The molecule has 2 heterocycles. The molecule has 174 valence electrons. The van der Waals surface area contributed by atoms with E-state index < -0.39 is 6.09 Å². The van der Waals surface area contributed by atoms with Crippen LogP contribution in [0.25, 0.3) is 0 Å². The van der Waals surface area contributed by atoms with Crippen molar-refractivity contribution in [2.75, 3.05) is 24.5 Å². The van der Waals surface area contributed by atoms with Gasteiger partial charge in [0, 0.05) is 38.0 Å². The van der Waals surface area contributed by atoms with Crippen LogP contribution in [-0.2, 0) is 24.1 Å². The summed E-state index contributed by atoms with van der Waals surface area (Å²) >= 11 is 0. The summed E-state index contributed by atoms with van der Waals surface area (Å²) in [6, 6.07) is 10.1. The van der Waals surface area contributed by atoms with Crippen LogP contribution in [0, 0.1) is 5.82 Å². The van der Waals surface area contributed by atoms with E-state index in [2.05, 4.69) is 0 Å². The third-order valence-corrected chi connectivity index (χ3v) is 6.54. The van der Waals surface area contributed by atoms with E-state index in [1.54, 1.807) is 12.1 Å². The second kappa shape index (κ2) is 10.1. The molecular weight excluding hydrogens is 423 g/mol. The second-order valence-corrected chi connectivity index (χ2v) is 8.82. The number of carboxylic acid groups (broad SMARTS) is 1. The van der Waals surface area contributed by atoms with Gasteiger partial charge < -0.3 is 14.9 Å². The van der Waals surface area contributed by atoms with Gasteiger partial charge in [-0.3, -0.25) is 9.59 Å². The summed E-state index contributed by atoms with van der Waals surface area (Å²) in [4.78, 5) is 39.5. The zero-order valence-corrected chi connectivity index (χ0v) is 18.7. The van der Waals surface area contributed by atoms with Crippen LogP contribution in [0.5, 0.6) is 0 Å². The van der Waals surface area contributed by atoms with E-state index in [4.69, 9.17) is 0 Å². The fraction of sp³-hybridized carbons (Fsp3) is 0.423. The van der Waals surface area contributed by atoms with Gasteiger partial charge in [0.15, 0.2) is 5.78 Å². The number of Topliss-reactive ketones (excluding diaryl/α,β-unsaturated/α-hetero) is 1. The average Bonchev–Trinajstić information content (AvgIpc) is 3.23. The summed E-state index contributed by atoms with van der Waals surface area (Å²) in [5, 5.41) is 9.44. The highest BCUT2D eigenvalue weighted by molar-refractivity contribution is 6.02. The Kier molecular flexibility index (Phi) is 7.06. The molecule has 4 rings (SSSR count). The van der Waals surface area contributed by atoms with Gasteiger partial charge in [-0.25, -0.2) is 9.18 Å². The van der Waals surface area contributed by atoms with Crippen molar-refractivity contribution in [2.24, 2.45) is 0 Å². The van der Waals surface area contributed by atoms with Crippen molar-refractivity contribution in [1.29, 1.82) is 0 Å². The van der Waals surface area contributed by atoms with Crippen molar-refractivity contribution in [3.05, 3.63) is 64.5 Å². The number of nitrogens with zero attached hydrogens (tertiary/aromatic N) is 2. The summed E-state index contributed by atoms with van der Waals surface area (Å²) in [7, 11) is 0. The van der Waals surface area contributed by atoms with Crippen LogP contribution in [0.2, 0.25) is 0 Å². The molecule has 1 N–H and O–H groups in total. The van der Waals surface area contributed by atoms with Gasteiger partial charge >= 0.3 is 6.09 Å². The Balaban J connectivity index is 1.23. The van der Waals surface area contributed by atoms with Gasteiger partial charge in [0.2, 0.25) is 5.91 Å². The molecule has 6 nitrogen and oxygen atoms in total. The Labute approximate surface area is 193 Å². The Bertz CT molecular complexity index is 1070. The standard InChI is InChI=1S/C26H29FN2O4/c27-22-6-4-5-18(15-22)10-13-28(26(32)33)12-3-1-2-7-23(30)21-16-19-8-9-24(31)29-14-11-20(17-21)25(19)29/h4-6,15-17H,1-3,7-14H2,(H,32,33). The topological polar surface area (TPSA) is 77.9 Å². The summed E-state index contributed by atoms with van der Waals surface area (Å²) in [5.74, 6) is -0.0465. The van der Waals surface area contributed by atoms with Gasteiger partial charge in [-0.1, -0.05) is 18.6 Å². The number of rotatable bonds is 10. The number of benzene rings is 2. The van der Waals surface area contributed by atoms with E-state index in [0.717, 1.165) is 40.8 Å². The maximum Gasteiger partial charge on any atom is 0.407 e. The van der Waals surface area contributed by atoms with Gasteiger partial charge in [0.1, 0.15) is 5.82 Å². The molecule has 0 saturated heterocycles. The van der Waals surface area contributed by atoms with Gasteiger partial charge in [-0.05, 0) is 73.1 Å². The minimum Gasteiger partial charge on any atom is -0.465 e. The quantitative estimate of drug-likeness (QED) is 0.421. The number of halogens is 1. The minimum absolute atomic E-state index is 0.102. The fourth-order valence-electron chi connectivity index (χ4n) is 4.79. The number of aryl methyl sites for hydroxylation is 1. The number of anilines is 1. The molecule has 0 unspecified atom stereocenters. The number of carbonyl (C=O) groups excluding carboxylic acids is 2. The lowest BCUT2D eigenvalue weighted by Gasteiger charge is -2.25. The van der Waals surface area contributed by atoms with Crippen molar-refractivity contribution in [2.45, 2.75) is 51.4 Å². The molecule has 2 aromatic rings. The van der Waals surface area contributed by atoms with E-state index in [1.165, 1.54) is 17.0 Å². The largest absolute Gasteiger partial charge is 0.465 e. The highest BCUT2D eigenvalue weighted by atomic mass is 19.1. The first-order chi connectivity index (χ1) is 15.9. The smallest absolute Gasteiger partial charge is 0.407 e. The van der Waals surface area contributed by atoms with E-state index in [0.29, 0.717) is 58.2 Å². The molecular formula is C26H29FN2O4. The SMILES string of the molecule is O=C(CCCCCN(CCc1cccc(F)c1)C(=O)O)c1cc2c3c(c1)CCN3C(=O)CC2. The number of ketones is 1. The first kappa shape index (κ1) is 23.0. The Hall–Kier alpha value is -3.22. The van der Waals surface area contributed by atoms with Gasteiger partial charge in [-0.2, -0.15) is 0 Å². The lowest BCUT2D eigenvalue weighted by atomic mass is 9.94. The fourth-order valence-corrected chi connectivity index (χ4v) is 4.79. The Morgan fingerprint density at radius 3 is 2.55 bits per heavy atom. The van der Waals surface area contributed by atoms with Crippen LogP contribution >= 0.6 is 0 Å². The van der Waals surface area contributed by atoms with Crippen LogP contribution in [0.3, 0.4) is 0 Å². The molecule has 0 aromatic heterocycles. The van der Waals surface area contributed by atoms with Crippen molar-refractivity contribution in [1.82, 2.24) is 4.90 Å². The molecule has 2 aliphatic heterocycles. The Morgan fingerprint density at radius 2 is 1.79 bits per heavy atom. The number of carbonyl (C=O) groups is 3. The average molecular weight is 453 g/mol. The minimum atomic E-state index is -0.984. The monoisotopic (exact) mass is 452 g/mol. The summed E-state index contributed by atoms with van der Waals surface area (Å²) in [5.41, 5.74) is 4.72. The van der Waals surface area contributed by atoms with Gasteiger partial charge in [0.25, 0.3) is 0 Å². The first-order valence-electron chi connectivity index (χ1n) is 11.6. The van der Waals surface area contributed by atoms with Crippen LogP contribution in [0.1, 0.15) is 59.2 Å². The molecule has 0 spiro atoms. The molecule has 2 amide bonds. The third kappa shape index (κ3) is 5.41. The maximum atomic E-state index is 13.3. The van der Waals surface area contributed by atoms with Gasteiger partial charge in [0.05, 0.1) is 5.69 Å². The number of amides is 2. The van der Waals surface area contributed by atoms with Crippen molar-refractivity contribution in [3.8, 4) is 0 Å². The molecule has 0 radical (unpaired) electrons. The highest BCUT2D eigenvalue weighted by Gasteiger charge is 2.31. The first-order valence-corrected chi connectivity index (χ1v) is 11.6. The van der Waals surface area contributed by atoms with Crippen LogP contribution in [0.15, 0.2) is 36.4 Å². The summed E-state index contributed by atoms with van der Waals surface area (Å²) in [6.07, 6.45) is 4.04. The number of hydrogen-bond donors (Lipinski definition) is 1. The van der Waals surface area contributed by atoms with Gasteiger partial charge in [-0.15, -0.1) is 0 Å². The highest BCUT2D eigenvalue weighted by Crippen LogP contribution is 2.37. The second-order valence-electron chi connectivity index (χ2n) is 8.82. The van der Waals surface area contributed by atoms with E-state index in [9.17, 15) is 23.9 Å². The lowest BCUT2D eigenvalue weighted by molar-refractivity contribution is -0.118. The normalized spacial score (nSPS) is 14.3. The maximum absolute atomic E-state index is 13.3. The predicted molar refractivity (Wildman–Crippen MR) is 123 cm³/mol. The van der Waals surface area contributed by atoms with E-state index >= 15 is 0 Å². The van der Waals surface area contributed by atoms with E-state index in [1.807, 2.05) is 17.0 Å². The van der Waals surface area contributed by atoms with Crippen molar-refractivity contribution >= 4 is 23.5 Å². The van der Waals surface area contributed by atoms with Crippen molar-refractivity contribution < 1.29 is 23.9 Å². The lowest BCUT2D eigenvalue weighted by Crippen LogP contribution is -2.32. The summed E-state index contributed by atoms with van der Waals surface area (Å²) < 4.78 is 13.3. The summed E-state index contributed by atoms with van der Waals surface area (Å²) in [6.45, 7) is 1.42. The molecule has 0 atom stereocenters. The number of unbranched alkanes of at least 4 members (excludes halogenated alkanes) is 2. The molecule has 0 aliphatic carbocycles. The molecule has 2 aliphatic rings.